The second kappa shape index (κ2) is 9.71. The molecule has 1 aliphatic heterocycles. The van der Waals surface area contributed by atoms with Gasteiger partial charge in [-0.3, -0.25) is 4.79 Å². The molecule has 2 atom stereocenters. The first kappa shape index (κ1) is 20.4. The van der Waals surface area contributed by atoms with E-state index in [1.165, 1.54) is 0 Å². The fourth-order valence-electron chi connectivity index (χ4n) is 4.38. The van der Waals surface area contributed by atoms with Crippen LogP contribution < -0.4 is 10.9 Å². The third-order valence-electron chi connectivity index (χ3n) is 6.03. The summed E-state index contributed by atoms with van der Waals surface area (Å²) >= 11 is 1.62. The number of hydrogen-bond donors (Lipinski definition) is 2. The molecule has 2 N–H and O–H groups in total. The average molecular weight is 388 g/mol. The molecule has 2 unspecified atom stereocenters. The molecule has 0 radical (unpaired) electrons. The molecule has 2 saturated carbocycles. The van der Waals surface area contributed by atoms with E-state index in [9.17, 15) is 4.79 Å². The van der Waals surface area contributed by atoms with E-state index in [0.29, 0.717) is 12.2 Å². The van der Waals surface area contributed by atoms with E-state index in [4.69, 9.17) is 14.2 Å². The van der Waals surface area contributed by atoms with E-state index < -0.39 is 0 Å². The number of amides is 1. The number of nitrogens with zero attached hydrogens (tertiary/aromatic N) is 1. The van der Waals surface area contributed by atoms with Crippen LogP contribution in [0.25, 0.3) is 0 Å². The third-order valence-corrected chi connectivity index (χ3v) is 7.19. The Morgan fingerprint density at radius 3 is 1.92 bits per heavy atom. The number of methoxy groups -OCH3 is 3. The quantitative estimate of drug-likeness (QED) is 0.722. The Morgan fingerprint density at radius 2 is 1.42 bits per heavy atom. The molecule has 3 rings (SSSR count). The van der Waals surface area contributed by atoms with Crippen molar-refractivity contribution >= 4 is 17.7 Å². The van der Waals surface area contributed by atoms with Gasteiger partial charge in [-0.25, -0.2) is 10.9 Å². The predicted molar refractivity (Wildman–Crippen MR) is 101 cm³/mol. The molecular weight excluding hydrogens is 354 g/mol. The van der Waals surface area contributed by atoms with Crippen LogP contribution in [0.2, 0.25) is 0 Å². The van der Waals surface area contributed by atoms with Gasteiger partial charge in [0.15, 0.2) is 5.56 Å². The molecule has 1 heterocycles. The van der Waals surface area contributed by atoms with E-state index in [1.54, 1.807) is 33.1 Å². The average Bonchev–Trinajstić information content (AvgIpc) is 3.17. The molecule has 0 aromatic carbocycles. The Hall–Kier alpha value is -0.380. The van der Waals surface area contributed by atoms with Crippen LogP contribution in [0.4, 0.5) is 0 Å². The van der Waals surface area contributed by atoms with Crippen molar-refractivity contribution < 1.29 is 19.0 Å². The topological polar surface area (TPSA) is 72.1 Å². The van der Waals surface area contributed by atoms with Gasteiger partial charge in [0.1, 0.15) is 5.50 Å². The van der Waals surface area contributed by atoms with E-state index in [1.807, 2.05) is 0 Å². The highest BCUT2D eigenvalue weighted by molar-refractivity contribution is 8.00. The normalized spacial score (nSPS) is 38.3. The molecule has 150 valence electrons. The molecule has 3 fully saturated rings. The van der Waals surface area contributed by atoms with E-state index >= 15 is 0 Å². The molecule has 0 spiro atoms. The summed E-state index contributed by atoms with van der Waals surface area (Å²) in [5.74, 6) is 0.384. The maximum Gasteiger partial charge on any atom is 0.227 e. The molecule has 0 aromatic rings. The number of rotatable bonds is 6. The van der Waals surface area contributed by atoms with Gasteiger partial charge in [0.2, 0.25) is 5.91 Å². The van der Waals surface area contributed by atoms with Crippen molar-refractivity contribution in [3.05, 3.63) is 0 Å². The van der Waals surface area contributed by atoms with Gasteiger partial charge >= 0.3 is 0 Å². The number of ether oxygens (including phenoxy) is 3. The van der Waals surface area contributed by atoms with Crippen LogP contribution in [-0.4, -0.2) is 61.4 Å². The van der Waals surface area contributed by atoms with Crippen LogP contribution in [0, 0.1) is 5.92 Å². The van der Waals surface area contributed by atoms with Crippen LogP contribution in [0.1, 0.15) is 51.4 Å². The standard InChI is InChI=1S/C18H33N3O4S/c1-23-14-8-4-12(5-9-14)16(22)21(17-19-20-18(25-3)26-17)13-6-10-15(24-2)11-7-13/h12-15,17-20H,4-11H2,1-3H3. The van der Waals surface area contributed by atoms with Gasteiger partial charge in [-0.2, -0.15) is 0 Å². The summed E-state index contributed by atoms with van der Waals surface area (Å²) in [7, 11) is 5.23. The van der Waals surface area contributed by atoms with Gasteiger partial charge in [0.25, 0.3) is 0 Å². The highest BCUT2D eigenvalue weighted by Crippen LogP contribution is 2.35. The highest BCUT2D eigenvalue weighted by Gasteiger charge is 2.41. The molecule has 8 heteroatoms. The summed E-state index contributed by atoms with van der Waals surface area (Å²) < 4.78 is 16.4. The second-order valence-electron chi connectivity index (χ2n) is 7.47. The molecule has 1 saturated heterocycles. The molecule has 0 bridgehead atoms. The lowest BCUT2D eigenvalue weighted by molar-refractivity contribution is -0.142. The van der Waals surface area contributed by atoms with Crippen molar-refractivity contribution in [2.24, 2.45) is 5.92 Å². The van der Waals surface area contributed by atoms with Gasteiger partial charge < -0.3 is 19.1 Å². The molecule has 2 aliphatic carbocycles. The predicted octanol–water partition coefficient (Wildman–Crippen LogP) is 2.03. The third kappa shape index (κ3) is 4.72. The Balaban J connectivity index is 1.67. The smallest absolute Gasteiger partial charge is 0.227 e. The molecule has 1 amide bonds. The summed E-state index contributed by atoms with van der Waals surface area (Å²) in [6, 6.07) is 0.261. The molecule has 3 aliphatic rings. The molecule has 26 heavy (non-hydrogen) atoms. The maximum atomic E-state index is 13.5. The first-order chi connectivity index (χ1) is 12.7. The lowest BCUT2D eigenvalue weighted by Crippen LogP contribution is -2.55. The van der Waals surface area contributed by atoms with Gasteiger partial charge in [-0.15, -0.1) is 0 Å². The second-order valence-corrected chi connectivity index (χ2v) is 8.61. The molecule has 0 aromatic heterocycles. The fourth-order valence-corrected chi connectivity index (χ4v) is 5.40. The van der Waals surface area contributed by atoms with Gasteiger partial charge in [-0.1, -0.05) is 11.8 Å². The largest absolute Gasteiger partial charge is 0.381 e. The Bertz CT molecular complexity index is 454. The Labute approximate surface area is 160 Å². The summed E-state index contributed by atoms with van der Waals surface area (Å²) in [6.07, 6.45) is 8.43. The van der Waals surface area contributed by atoms with E-state index in [0.717, 1.165) is 51.4 Å². The van der Waals surface area contributed by atoms with Gasteiger partial charge in [0, 0.05) is 33.3 Å². The molecule has 7 nitrogen and oxygen atoms in total. The zero-order valence-corrected chi connectivity index (χ0v) is 16.9. The molecular formula is C18H33N3O4S. The number of carbonyl (C=O) groups is 1. The van der Waals surface area contributed by atoms with Crippen molar-refractivity contribution in [2.45, 2.75) is 80.7 Å². The fraction of sp³-hybridized carbons (Fsp3) is 0.944. The monoisotopic (exact) mass is 387 g/mol. The number of hydrazine groups is 1. The van der Waals surface area contributed by atoms with E-state index in [-0.39, 0.29) is 28.9 Å². The zero-order valence-electron chi connectivity index (χ0n) is 16.1. The van der Waals surface area contributed by atoms with Crippen LogP contribution in [-0.2, 0) is 19.0 Å². The number of hydrogen-bond acceptors (Lipinski definition) is 7. The zero-order chi connectivity index (χ0) is 18.5. The minimum absolute atomic E-state index is 0.0864. The first-order valence-corrected chi connectivity index (χ1v) is 10.7. The SMILES string of the molecule is COC1CCC(C(=O)N(C2CCC(OC)CC2)C2NNC(OC)S2)CC1. The van der Waals surface area contributed by atoms with Crippen LogP contribution in [0.5, 0.6) is 0 Å². The van der Waals surface area contributed by atoms with Crippen LogP contribution in [0.3, 0.4) is 0 Å². The van der Waals surface area contributed by atoms with Crippen LogP contribution in [0.15, 0.2) is 0 Å². The van der Waals surface area contributed by atoms with Crippen molar-refractivity contribution in [2.75, 3.05) is 21.3 Å². The number of nitrogens with one attached hydrogen (secondary N) is 2. The number of carbonyl (C=O) groups excluding carboxylic acids is 1. The summed E-state index contributed by atoms with van der Waals surface area (Å²) in [4.78, 5) is 15.6. The van der Waals surface area contributed by atoms with Crippen molar-refractivity contribution in [1.29, 1.82) is 0 Å². The minimum atomic E-state index is -0.130. The lowest BCUT2D eigenvalue weighted by Gasteiger charge is -2.41. The van der Waals surface area contributed by atoms with Gasteiger partial charge in [0.05, 0.1) is 12.2 Å². The first-order valence-electron chi connectivity index (χ1n) is 9.73. The Kier molecular flexibility index (Phi) is 7.60. The lowest BCUT2D eigenvalue weighted by atomic mass is 9.85. The van der Waals surface area contributed by atoms with Crippen LogP contribution >= 0.6 is 11.8 Å². The summed E-state index contributed by atoms with van der Waals surface area (Å²) in [6.45, 7) is 0. The van der Waals surface area contributed by atoms with Crippen molar-refractivity contribution in [3.8, 4) is 0 Å². The van der Waals surface area contributed by atoms with Gasteiger partial charge in [-0.05, 0) is 51.4 Å². The minimum Gasteiger partial charge on any atom is -0.381 e. The van der Waals surface area contributed by atoms with E-state index in [2.05, 4.69) is 15.8 Å². The summed E-state index contributed by atoms with van der Waals surface area (Å²) in [5, 5.41) is 0. The van der Waals surface area contributed by atoms with Crippen molar-refractivity contribution in [1.82, 2.24) is 15.8 Å². The maximum absolute atomic E-state index is 13.5. The highest BCUT2D eigenvalue weighted by atomic mass is 32.2. The number of thioether (sulfide) groups is 1. The Morgan fingerprint density at radius 1 is 0.846 bits per heavy atom. The summed E-state index contributed by atoms with van der Waals surface area (Å²) in [5.41, 5.74) is 6.16. The van der Waals surface area contributed by atoms with Crippen molar-refractivity contribution in [3.63, 3.8) is 0 Å².